The maximum atomic E-state index is 13.1. The SMILES string of the molecule is CC(C)(C)c1ccc(O[P+](=O)c2cccc3ccccc23)c(C(C)(C)C)c1. The Kier molecular flexibility index (Phi) is 5.14. The Bertz CT molecular complexity index is 986. The standard InChI is InChI=1S/C24H28O2P/c1-23(2,3)18-14-15-21(20(16-18)24(4,5)6)26-27(25)22-13-9-11-17-10-7-8-12-19(17)22/h7-16H,1-6H3/q+1. The van der Waals surface area contributed by atoms with Gasteiger partial charge in [-0.1, -0.05) is 84.0 Å². The van der Waals surface area contributed by atoms with Crippen molar-refractivity contribution in [3.8, 4) is 5.75 Å². The summed E-state index contributed by atoms with van der Waals surface area (Å²) >= 11 is 0. The van der Waals surface area contributed by atoms with Gasteiger partial charge in [0, 0.05) is 10.9 Å². The molecule has 0 bridgehead atoms. The van der Waals surface area contributed by atoms with Crippen molar-refractivity contribution < 1.29 is 9.09 Å². The summed E-state index contributed by atoms with van der Waals surface area (Å²) in [5.74, 6) is 0.699. The molecule has 3 aromatic carbocycles. The van der Waals surface area contributed by atoms with Gasteiger partial charge in [-0.05, 0) is 44.5 Å². The minimum Gasteiger partial charge on any atom is -0.250 e. The highest BCUT2D eigenvalue weighted by Gasteiger charge is 2.31. The molecular formula is C24H28O2P+. The van der Waals surface area contributed by atoms with Gasteiger partial charge in [0.05, 0.1) is 0 Å². The summed E-state index contributed by atoms with van der Waals surface area (Å²) in [4.78, 5) is 0. The second kappa shape index (κ2) is 7.09. The monoisotopic (exact) mass is 379 g/mol. The molecule has 0 radical (unpaired) electrons. The summed E-state index contributed by atoms with van der Waals surface area (Å²) in [6.07, 6.45) is 0. The van der Waals surface area contributed by atoms with Gasteiger partial charge in [-0.25, -0.2) is 4.52 Å². The van der Waals surface area contributed by atoms with Gasteiger partial charge < -0.3 is 0 Å². The number of benzene rings is 3. The van der Waals surface area contributed by atoms with Crippen molar-refractivity contribution in [3.05, 3.63) is 71.8 Å². The molecule has 3 heteroatoms. The van der Waals surface area contributed by atoms with Crippen LogP contribution < -0.4 is 9.83 Å². The average molecular weight is 379 g/mol. The van der Waals surface area contributed by atoms with E-state index < -0.39 is 8.03 Å². The molecule has 3 rings (SSSR count). The first kappa shape index (κ1) is 19.6. The van der Waals surface area contributed by atoms with Gasteiger partial charge in [0.1, 0.15) is 0 Å². The van der Waals surface area contributed by atoms with E-state index in [1.165, 1.54) is 5.56 Å². The quantitative estimate of drug-likeness (QED) is 0.464. The second-order valence-electron chi connectivity index (χ2n) is 9.06. The number of hydrogen-bond donors (Lipinski definition) is 0. The summed E-state index contributed by atoms with van der Waals surface area (Å²) in [7, 11) is -2.00. The van der Waals surface area contributed by atoms with Crippen molar-refractivity contribution >= 4 is 24.1 Å². The molecule has 140 valence electrons. The van der Waals surface area contributed by atoms with Crippen LogP contribution in [-0.4, -0.2) is 0 Å². The summed E-state index contributed by atoms with van der Waals surface area (Å²) < 4.78 is 19.2. The van der Waals surface area contributed by atoms with Gasteiger partial charge in [-0.2, -0.15) is 0 Å². The number of fused-ring (bicyclic) bond motifs is 1. The van der Waals surface area contributed by atoms with Crippen LogP contribution in [0.25, 0.3) is 10.8 Å². The van der Waals surface area contributed by atoms with Crippen LogP contribution in [0.4, 0.5) is 0 Å². The molecule has 1 atom stereocenters. The molecule has 0 aliphatic carbocycles. The van der Waals surface area contributed by atoms with E-state index in [2.05, 4.69) is 53.7 Å². The van der Waals surface area contributed by atoms with Crippen LogP contribution in [0.5, 0.6) is 5.75 Å². The zero-order valence-corrected chi connectivity index (χ0v) is 17.9. The molecule has 0 saturated heterocycles. The van der Waals surface area contributed by atoms with Crippen molar-refractivity contribution in [1.29, 1.82) is 0 Å². The van der Waals surface area contributed by atoms with E-state index in [1.54, 1.807) is 0 Å². The van der Waals surface area contributed by atoms with E-state index in [-0.39, 0.29) is 10.8 Å². The zero-order valence-electron chi connectivity index (χ0n) is 17.0. The van der Waals surface area contributed by atoms with E-state index in [1.807, 2.05) is 48.5 Å². The summed E-state index contributed by atoms with van der Waals surface area (Å²) in [5, 5.41) is 2.79. The molecule has 0 fully saturated rings. The Labute approximate surface area is 163 Å². The van der Waals surface area contributed by atoms with Gasteiger partial charge >= 0.3 is 8.03 Å². The smallest absolute Gasteiger partial charge is 0.250 e. The Balaban J connectivity index is 2.03. The van der Waals surface area contributed by atoms with Gasteiger partial charge in [-0.15, -0.1) is 0 Å². The lowest BCUT2D eigenvalue weighted by Gasteiger charge is -2.25. The summed E-state index contributed by atoms with van der Waals surface area (Å²) in [5.41, 5.74) is 2.28. The lowest BCUT2D eigenvalue weighted by molar-refractivity contribution is 0.492. The van der Waals surface area contributed by atoms with Crippen molar-refractivity contribution in [2.24, 2.45) is 0 Å². The molecule has 0 aliphatic heterocycles. The van der Waals surface area contributed by atoms with E-state index in [0.29, 0.717) is 5.75 Å². The minimum absolute atomic E-state index is 0.0519. The Morgan fingerprint density at radius 1 is 0.778 bits per heavy atom. The van der Waals surface area contributed by atoms with Crippen molar-refractivity contribution in [2.45, 2.75) is 52.4 Å². The first-order valence-electron chi connectivity index (χ1n) is 9.35. The van der Waals surface area contributed by atoms with Crippen LogP contribution in [0.3, 0.4) is 0 Å². The molecule has 0 aromatic heterocycles. The maximum Gasteiger partial charge on any atom is 0.597 e. The highest BCUT2D eigenvalue weighted by atomic mass is 31.1. The Hall–Kier alpha value is -2.18. The van der Waals surface area contributed by atoms with Crippen molar-refractivity contribution in [1.82, 2.24) is 0 Å². The zero-order chi connectivity index (χ0) is 19.8. The fraction of sp³-hybridized carbons (Fsp3) is 0.333. The molecule has 27 heavy (non-hydrogen) atoms. The molecule has 2 nitrogen and oxygen atoms in total. The minimum atomic E-state index is -2.00. The van der Waals surface area contributed by atoms with E-state index in [9.17, 15) is 4.57 Å². The van der Waals surface area contributed by atoms with E-state index in [4.69, 9.17) is 4.52 Å². The molecule has 0 N–H and O–H groups in total. The third-order valence-electron chi connectivity index (χ3n) is 4.80. The highest BCUT2D eigenvalue weighted by molar-refractivity contribution is 7.49. The molecule has 0 aliphatic rings. The molecule has 1 unspecified atom stereocenters. The first-order valence-corrected chi connectivity index (χ1v) is 10.5. The number of hydrogen-bond acceptors (Lipinski definition) is 2. The van der Waals surface area contributed by atoms with Crippen LogP contribution in [-0.2, 0) is 15.4 Å². The highest BCUT2D eigenvalue weighted by Crippen LogP contribution is 2.39. The molecule has 0 amide bonds. The van der Waals surface area contributed by atoms with Gasteiger partial charge in [-0.3, -0.25) is 0 Å². The molecule has 3 aromatic rings. The molecule has 0 heterocycles. The van der Waals surface area contributed by atoms with Crippen LogP contribution in [0.2, 0.25) is 0 Å². The van der Waals surface area contributed by atoms with Crippen LogP contribution in [0, 0.1) is 0 Å². The topological polar surface area (TPSA) is 26.3 Å². The predicted octanol–water partition coefficient (Wildman–Crippen LogP) is 6.88. The van der Waals surface area contributed by atoms with Crippen LogP contribution >= 0.6 is 8.03 Å². The first-order chi connectivity index (χ1) is 12.6. The Morgan fingerprint density at radius 2 is 1.44 bits per heavy atom. The lowest BCUT2D eigenvalue weighted by Crippen LogP contribution is -2.17. The van der Waals surface area contributed by atoms with Gasteiger partial charge in [0.2, 0.25) is 5.30 Å². The lowest BCUT2D eigenvalue weighted by atomic mass is 9.80. The Morgan fingerprint density at radius 3 is 2.11 bits per heavy atom. The second-order valence-corrected chi connectivity index (χ2v) is 10.2. The molecule has 0 saturated carbocycles. The average Bonchev–Trinajstić information content (AvgIpc) is 2.59. The predicted molar refractivity (Wildman–Crippen MR) is 116 cm³/mol. The summed E-state index contributed by atoms with van der Waals surface area (Å²) in [6.45, 7) is 13.1. The van der Waals surface area contributed by atoms with Gasteiger partial charge in [0.15, 0.2) is 5.75 Å². The molecule has 0 spiro atoms. The van der Waals surface area contributed by atoms with Crippen molar-refractivity contribution in [2.75, 3.05) is 0 Å². The number of rotatable bonds is 3. The van der Waals surface area contributed by atoms with E-state index >= 15 is 0 Å². The van der Waals surface area contributed by atoms with Gasteiger partial charge in [0.25, 0.3) is 0 Å². The third-order valence-corrected chi connectivity index (χ3v) is 5.94. The fourth-order valence-electron chi connectivity index (χ4n) is 3.17. The van der Waals surface area contributed by atoms with Crippen LogP contribution in [0.1, 0.15) is 52.7 Å². The summed E-state index contributed by atoms with van der Waals surface area (Å²) in [6, 6.07) is 20.1. The van der Waals surface area contributed by atoms with Crippen molar-refractivity contribution in [3.63, 3.8) is 0 Å². The fourth-order valence-corrected chi connectivity index (χ4v) is 4.21. The third kappa shape index (κ3) is 4.22. The molecular weight excluding hydrogens is 351 g/mol. The normalized spacial score (nSPS) is 12.9. The maximum absolute atomic E-state index is 13.1. The largest absolute Gasteiger partial charge is 0.597 e. The van der Waals surface area contributed by atoms with E-state index in [0.717, 1.165) is 21.6 Å². The van der Waals surface area contributed by atoms with Crippen LogP contribution in [0.15, 0.2) is 60.7 Å².